The van der Waals surface area contributed by atoms with E-state index in [1.54, 1.807) is 30.3 Å². The molecule has 0 bridgehead atoms. The quantitative estimate of drug-likeness (QED) is 0.586. The maximum absolute atomic E-state index is 13.1. The van der Waals surface area contributed by atoms with E-state index in [1.165, 1.54) is 6.07 Å². The lowest BCUT2D eigenvalue weighted by Crippen LogP contribution is -2.57. The highest BCUT2D eigenvalue weighted by molar-refractivity contribution is 5.94. The Morgan fingerprint density at radius 2 is 1.74 bits per heavy atom. The van der Waals surface area contributed by atoms with E-state index in [-0.39, 0.29) is 19.1 Å². The number of ether oxygens (including phenoxy) is 1. The summed E-state index contributed by atoms with van der Waals surface area (Å²) >= 11 is 0. The fraction of sp³-hybridized carbons (Fsp3) is 0.458. The molecule has 0 spiro atoms. The average Bonchev–Trinajstić information content (AvgIpc) is 3.17. The Balaban J connectivity index is 1.40. The van der Waals surface area contributed by atoms with Crippen LogP contribution in [0.1, 0.15) is 15.9 Å². The number of piperazine rings is 1. The molecule has 2 aromatic rings. The number of hydrogen-bond donors (Lipinski definition) is 3. The Kier molecular flexibility index (Phi) is 7.42. The highest BCUT2D eigenvalue weighted by Crippen LogP contribution is 2.32. The van der Waals surface area contributed by atoms with Crippen molar-refractivity contribution in [1.82, 2.24) is 10.2 Å². The third kappa shape index (κ3) is 5.35. The van der Waals surface area contributed by atoms with Crippen LogP contribution in [0, 0.1) is 0 Å². The van der Waals surface area contributed by atoms with Gasteiger partial charge in [0, 0.05) is 44.0 Å². The monoisotopic (exact) mass is 479 g/mol. The van der Waals surface area contributed by atoms with Crippen LogP contribution < -0.4 is 10.2 Å². The second-order valence-electron chi connectivity index (χ2n) is 8.52. The molecule has 4 rings (SSSR count). The molecule has 2 fully saturated rings. The van der Waals surface area contributed by atoms with Gasteiger partial charge in [-0.25, -0.2) is 0 Å². The lowest BCUT2D eigenvalue weighted by Gasteiger charge is -2.41. The van der Waals surface area contributed by atoms with Crippen LogP contribution >= 0.6 is 0 Å². The van der Waals surface area contributed by atoms with Crippen LogP contribution in [0.4, 0.5) is 18.9 Å². The maximum Gasteiger partial charge on any atom is 0.416 e. The minimum absolute atomic E-state index is 0.153. The number of carbonyl (C=O) groups is 1. The second kappa shape index (κ2) is 10.3. The number of alkyl halides is 3. The van der Waals surface area contributed by atoms with Crippen molar-refractivity contribution in [3.8, 4) is 0 Å². The van der Waals surface area contributed by atoms with Crippen molar-refractivity contribution in [2.24, 2.45) is 0 Å². The summed E-state index contributed by atoms with van der Waals surface area (Å²) in [4.78, 5) is 16.3. The number of amides is 1. The molecule has 2 saturated heterocycles. The number of benzene rings is 2. The number of rotatable bonds is 6. The van der Waals surface area contributed by atoms with E-state index in [4.69, 9.17) is 4.74 Å². The third-order valence-electron chi connectivity index (χ3n) is 6.42. The van der Waals surface area contributed by atoms with E-state index in [2.05, 4.69) is 5.32 Å². The van der Waals surface area contributed by atoms with E-state index < -0.39 is 36.1 Å². The predicted molar refractivity (Wildman–Crippen MR) is 120 cm³/mol. The number of carbonyl (C=O) groups excluding carboxylic acids is 1. The topological polar surface area (TPSA) is 85.3 Å². The number of nitrogens with one attached hydrogen (secondary N) is 1. The van der Waals surface area contributed by atoms with E-state index in [0.717, 1.165) is 12.1 Å². The highest BCUT2D eigenvalue weighted by Gasteiger charge is 2.46. The van der Waals surface area contributed by atoms with Gasteiger partial charge >= 0.3 is 6.18 Å². The fourth-order valence-electron chi connectivity index (χ4n) is 4.64. The number of aliphatic hydroxyl groups is 2. The Labute approximate surface area is 195 Å². The summed E-state index contributed by atoms with van der Waals surface area (Å²) in [6, 6.07) is 13.5. The minimum Gasteiger partial charge on any atom is -0.394 e. The number of halogens is 3. The summed E-state index contributed by atoms with van der Waals surface area (Å²) in [5.41, 5.74) is 0.315. The lowest BCUT2D eigenvalue weighted by molar-refractivity contribution is -0.137. The highest BCUT2D eigenvalue weighted by atomic mass is 19.4. The predicted octanol–water partition coefficient (Wildman–Crippen LogP) is 1.75. The Hall–Kier alpha value is -2.66. The van der Waals surface area contributed by atoms with Crippen LogP contribution in [0.3, 0.4) is 0 Å². The van der Waals surface area contributed by atoms with Gasteiger partial charge in [-0.05, 0) is 30.3 Å². The summed E-state index contributed by atoms with van der Waals surface area (Å²) in [5.74, 6) is -0.265. The Bertz CT molecular complexity index is 967. The molecule has 0 radical (unpaired) electrons. The summed E-state index contributed by atoms with van der Waals surface area (Å²) in [5, 5.41) is 23.2. The van der Waals surface area contributed by atoms with Crippen molar-refractivity contribution in [3.05, 3.63) is 65.7 Å². The lowest BCUT2D eigenvalue weighted by atomic mass is 10.0. The van der Waals surface area contributed by atoms with Gasteiger partial charge in [0.1, 0.15) is 12.2 Å². The molecular formula is C24H28F3N3O4. The second-order valence-corrected chi connectivity index (χ2v) is 8.52. The zero-order chi connectivity index (χ0) is 24.3. The number of hydrogen-bond acceptors (Lipinski definition) is 6. The molecule has 0 aliphatic carbocycles. The van der Waals surface area contributed by atoms with E-state index in [9.17, 15) is 28.2 Å². The van der Waals surface area contributed by atoms with Gasteiger partial charge in [-0.1, -0.05) is 24.3 Å². The van der Waals surface area contributed by atoms with Gasteiger partial charge in [0.05, 0.1) is 24.3 Å². The molecule has 0 saturated carbocycles. The Morgan fingerprint density at radius 3 is 2.38 bits per heavy atom. The molecule has 34 heavy (non-hydrogen) atoms. The van der Waals surface area contributed by atoms with Crippen LogP contribution in [0.5, 0.6) is 0 Å². The van der Waals surface area contributed by atoms with E-state index in [0.29, 0.717) is 37.4 Å². The van der Waals surface area contributed by atoms with Gasteiger partial charge in [-0.3, -0.25) is 9.69 Å². The number of anilines is 1. The first-order chi connectivity index (χ1) is 16.3. The van der Waals surface area contributed by atoms with Gasteiger partial charge in [-0.15, -0.1) is 0 Å². The van der Waals surface area contributed by atoms with Gasteiger partial charge < -0.3 is 25.2 Å². The van der Waals surface area contributed by atoms with Gasteiger partial charge in [0.2, 0.25) is 0 Å². The summed E-state index contributed by atoms with van der Waals surface area (Å²) in [7, 11) is 0. The molecule has 4 atom stereocenters. The van der Waals surface area contributed by atoms with Crippen molar-refractivity contribution in [3.63, 3.8) is 0 Å². The van der Waals surface area contributed by atoms with Crippen LogP contribution in [0.25, 0.3) is 0 Å². The zero-order valence-corrected chi connectivity index (χ0v) is 18.5. The first-order valence-corrected chi connectivity index (χ1v) is 11.2. The van der Waals surface area contributed by atoms with Crippen molar-refractivity contribution in [1.29, 1.82) is 0 Å². The first kappa shape index (κ1) is 24.5. The van der Waals surface area contributed by atoms with Crippen LogP contribution in [0.15, 0.2) is 54.6 Å². The largest absolute Gasteiger partial charge is 0.416 e. The zero-order valence-electron chi connectivity index (χ0n) is 18.5. The standard InChI is InChI=1S/C24H28F3N3O4/c25-24(26,27)17-7-4-8-18(13-17)29-9-11-30(12-10-29)21-19(34-20(15-31)22(21)32)14-28-23(33)16-5-2-1-3-6-16/h1-8,13,19-22,31-32H,9-12,14-15H2,(H,28,33)/t19-,20+,21+,22-/m1/s1. The molecular weight excluding hydrogens is 451 g/mol. The molecule has 2 aromatic carbocycles. The summed E-state index contributed by atoms with van der Waals surface area (Å²) in [6.07, 6.45) is -6.67. The van der Waals surface area contributed by atoms with Crippen molar-refractivity contribution < 1.29 is 32.9 Å². The van der Waals surface area contributed by atoms with Gasteiger partial charge in [0.15, 0.2) is 0 Å². The molecule has 2 heterocycles. The molecule has 0 aromatic heterocycles. The number of aliphatic hydroxyl groups excluding tert-OH is 2. The van der Waals surface area contributed by atoms with Crippen molar-refractivity contribution in [2.45, 2.75) is 30.5 Å². The van der Waals surface area contributed by atoms with Crippen molar-refractivity contribution in [2.75, 3.05) is 44.2 Å². The Morgan fingerprint density at radius 1 is 1.03 bits per heavy atom. The molecule has 2 aliphatic heterocycles. The molecule has 184 valence electrons. The summed E-state index contributed by atoms with van der Waals surface area (Å²) < 4.78 is 45.1. The average molecular weight is 479 g/mol. The molecule has 1 amide bonds. The maximum atomic E-state index is 13.1. The van der Waals surface area contributed by atoms with Gasteiger partial charge in [-0.2, -0.15) is 13.2 Å². The number of nitrogens with zero attached hydrogens (tertiary/aromatic N) is 2. The first-order valence-electron chi connectivity index (χ1n) is 11.2. The molecule has 3 N–H and O–H groups in total. The normalized spacial score (nSPS) is 26.0. The third-order valence-corrected chi connectivity index (χ3v) is 6.42. The van der Waals surface area contributed by atoms with Crippen LogP contribution in [-0.2, 0) is 10.9 Å². The van der Waals surface area contributed by atoms with Crippen molar-refractivity contribution >= 4 is 11.6 Å². The smallest absolute Gasteiger partial charge is 0.394 e. The fourth-order valence-corrected chi connectivity index (χ4v) is 4.64. The van der Waals surface area contributed by atoms with Gasteiger partial charge in [0.25, 0.3) is 5.91 Å². The van der Waals surface area contributed by atoms with Crippen LogP contribution in [0.2, 0.25) is 0 Å². The van der Waals surface area contributed by atoms with E-state index in [1.807, 2.05) is 15.9 Å². The van der Waals surface area contributed by atoms with Crippen LogP contribution in [-0.4, -0.2) is 84.7 Å². The SMILES string of the molecule is O=C(NC[C@H]1O[C@@H](CO)[C@@H](O)[C@H]1N1CCN(c2cccc(C(F)(F)F)c2)CC1)c1ccccc1. The molecule has 10 heteroatoms. The summed E-state index contributed by atoms with van der Waals surface area (Å²) in [6.45, 7) is 1.71. The molecule has 0 unspecified atom stereocenters. The molecule has 2 aliphatic rings. The minimum atomic E-state index is -4.40. The molecule has 7 nitrogen and oxygen atoms in total. The van der Waals surface area contributed by atoms with E-state index >= 15 is 0 Å².